The van der Waals surface area contributed by atoms with Crippen molar-refractivity contribution in [2.24, 2.45) is 0 Å². The van der Waals surface area contributed by atoms with Crippen molar-refractivity contribution in [3.8, 4) is 5.75 Å². The van der Waals surface area contributed by atoms with Gasteiger partial charge in [-0.25, -0.2) is 4.98 Å². The second kappa shape index (κ2) is 4.71. The normalized spacial score (nSPS) is 9.81. The molecule has 0 saturated heterocycles. The summed E-state index contributed by atoms with van der Waals surface area (Å²) in [5, 5.41) is 4.41. The van der Waals surface area contributed by atoms with Gasteiger partial charge in [0.2, 0.25) is 0 Å². The van der Waals surface area contributed by atoms with Crippen molar-refractivity contribution in [1.82, 2.24) is 9.97 Å². The van der Waals surface area contributed by atoms with Crippen LogP contribution in [0.5, 0.6) is 5.75 Å². The zero-order chi connectivity index (χ0) is 11.4. The fraction of sp³-hybridized carbons (Fsp3) is 0.100. The second-order valence-electron chi connectivity index (χ2n) is 2.90. The Balaban J connectivity index is 2.09. The lowest BCUT2D eigenvalue weighted by Crippen LogP contribution is -2.11. The quantitative estimate of drug-likeness (QED) is 0.881. The number of carbonyl (C=O) groups is 1. The Hall–Kier alpha value is -1.95. The summed E-state index contributed by atoms with van der Waals surface area (Å²) in [6.45, 7) is 0. The van der Waals surface area contributed by atoms with Gasteiger partial charge in [-0.05, 0) is 0 Å². The molecule has 16 heavy (non-hydrogen) atoms. The summed E-state index contributed by atoms with van der Waals surface area (Å²) in [5.74, 6) is 0.892. The highest BCUT2D eigenvalue weighted by Gasteiger charge is 2.10. The predicted octanol–water partition coefficient (Wildman–Crippen LogP) is 1.80. The number of ether oxygens (including phenoxy) is 1. The molecule has 5 nitrogen and oxygen atoms in total. The van der Waals surface area contributed by atoms with Crippen LogP contribution in [0.2, 0.25) is 0 Å². The molecule has 2 rings (SSSR count). The minimum atomic E-state index is -0.214. The van der Waals surface area contributed by atoms with Crippen LogP contribution < -0.4 is 10.1 Å². The van der Waals surface area contributed by atoms with E-state index in [1.807, 2.05) is 0 Å². The summed E-state index contributed by atoms with van der Waals surface area (Å²) >= 11 is 1.32. The number of nitrogens with zero attached hydrogens (tertiary/aromatic N) is 2. The maximum atomic E-state index is 11.7. The van der Waals surface area contributed by atoms with Crippen LogP contribution in [0, 0.1) is 0 Å². The number of amides is 1. The molecule has 1 amide bonds. The molecule has 0 atom stereocenters. The van der Waals surface area contributed by atoms with E-state index in [0.29, 0.717) is 16.4 Å². The van der Waals surface area contributed by atoms with E-state index in [1.165, 1.54) is 23.7 Å². The molecule has 2 aromatic rings. The smallest absolute Gasteiger partial charge is 0.267 e. The lowest BCUT2D eigenvalue weighted by atomic mass is 10.4. The molecule has 82 valence electrons. The van der Waals surface area contributed by atoms with Crippen molar-refractivity contribution < 1.29 is 9.53 Å². The number of rotatable bonds is 3. The molecular formula is C10H9N3O2S. The van der Waals surface area contributed by atoms with Crippen LogP contribution in [0.15, 0.2) is 30.0 Å². The van der Waals surface area contributed by atoms with Crippen molar-refractivity contribution >= 4 is 23.1 Å². The van der Waals surface area contributed by atoms with E-state index in [1.54, 1.807) is 24.8 Å². The van der Waals surface area contributed by atoms with Gasteiger partial charge < -0.3 is 10.1 Å². The number of carbonyl (C=O) groups excluding carboxylic acids is 1. The van der Waals surface area contributed by atoms with Crippen LogP contribution in [0.1, 0.15) is 9.67 Å². The maximum Gasteiger partial charge on any atom is 0.267 e. The Morgan fingerprint density at radius 1 is 1.50 bits per heavy atom. The van der Waals surface area contributed by atoms with Gasteiger partial charge in [-0.15, -0.1) is 11.3 Å². The molecular weight excluding hydrogens is 226 g/mol. The van der Waals surface area contributed by atoms with Crippen LogP contribution >= 0.6 is 11.3 Å². The summed E-state index contributed by atoms with van der Waals surface area (Å²) < 4.78 is 5.00. The average molecular weight is 235 g/mol. The Morgan fingerprint density at radius 3 is 3.00 bits per heavy atom. The molecule has 6 heteroatoms. The first-order valence-electron chi connectivity index (χ1n) is 4.49. The van der Waals surface area contributed by atoms with Gasteiger partial charge in [-0.1, -0.05) is 0 Å². The summed E-state index contributed by atoms with van der Waals surface area (Å²) in [6, 6.07) is 1.68. The van der Waals surface area contributed by atoms with Gasteiger partial charge in [0, 0.05) is 23.8 Å². The van der Waals surface area contributed by atoms with E-state index in [4.69, 9.17) is 4.74 Å². The van der Waals surface area contributed by atoms with Gasteiger partial charge in [0.15, 0.2) is 5.82 Å². The van der Waals surface area contributed by atoms with Crippen LogP contribution in [-0.4, -0.2) is 23.0 Å². The summed E-state index contributed by atoms with van der Waals surface area (Å²) in [5.41, 5.74) is 0. The molecule has 0 unspecified atom stereocenters. The Morgan fingerprint density at radius 2 is 2.38 bits per heavy atom. The number of nitrogens with one attached hydrogen (secondary N) is 1. The third kappa shape index (κ3) is 2.34. The molecule has 1 N–H and O–H groups in total. The molecule has 0 bridgehead atoms. The largest absolute Gasteiger partial charge is 0.496 e. The van der Waals surface area contributed by atoms with E-state index in [-0.39, 0.29) is 5.91 Å². The SMILES string of the molecule is COc1csc(C(=O)Nc2cnccn2)c1. The third-order valence-corrected chi connectivity index (χ3v) is 2.75. The summed E-state index contributed by atoms with van der Waals surface area (Å²) in [7, 11) is 1.56. The van der Waals surface area contributed by atoms with Crippen LogP contribution in [0.3, 0.4) is 0 Å². The Kier molecular flexibility index (Phi) is 3.11. The molecule has 0 saturated carbocycles. The fourth-order valence-electron chi connectivity index (χ4n) is 1.09. The van der Waals surface area contributed by atoms with Crippen LogP contribution in [0.4, 0.5) is 5.82 Å². The minimum absolute atomic E-state index is 0.214. The predicted molar refractivity (Wildman–Crippen MR) is 60.9 cm³/mol. The molecule has 0 fully saturated rings. The number of thiophene rings is 1. The second-order valence-corrected chi connectivity index (χ2v) is 3.81. The number of hydrogen-bond acceptors (Lipinski definition) is 5. The molecule has 0 aliphatic rings. The molecule has 0 aliphatic carbocycles. The maximum absolute atomic E-state index is 11.7. The topological polar surface area (TPSA) is 64.1 Å². The van der Waals surface area contributed by atoms with Gasteiger partial charge >= 0.3 is 0 Å². The number of methoxy groups -OCH3 is 1. The van der Waals surface area contributed by atoms with Gasteiger partial charge in [-0.2, -0.15) is 0 Å². The molecule has 2 aromatic heterocycles. The van der Waals surface area contributed by atoms with E-state index < -0.39 is 0 Å². The van der Waals surface area contributed by atoms with Crippen LogP contribution in [0.25, 0.3) is 0 Å². The minimum Gasteiger partial charge on any atom is -0.496 e. The lowest BCUT2D eigenvalue weighted by Gasteiger charge is -2.00. The first kappa shape index (κ1) is 10.6. The number of anilines is 1. The molecule has 0 radical (unpaired) electrons. The van der Waals surface area contributed by atoms with Crippen molar-refractivity contribution in [2.45, 2.75) is 0 Å². The van der Waals surface area contributed by atoms with Gasteiger partial charge in [-0.3, -0.25) is 9.78 Å². The highest BCUT2D eigenvalue weighted by molar-refractivity contribution is 7.12. The first-order valence-corrected chi connectivity index (χ1v) is 5.37. The third-order valence-electron chi connectivity index (χ3n) is 1.84. The highest BCUT2D eigenvalue weighted by atomic mass is 32.1. The van der Waals surface area contributed by atoms with E-state index >= 15 is 0 Å². The Bertz CT molecular complexity index is 484. The van der Waals surface area contributed by atoms with Gasteiger partial charge in [0.05, 0.1) is 18.2 Å². The highest BCUT2D eigenvalue weighted by Crippen LogP contribution is 2.21. The van der Waals surface area contributed by atoms with Crippen molar-refractivity contribution in [3.05, 3.63) is 34.9 Å². The number of aromatic nitrogens is 2. The van der Waals surface area contributed by atoms with Crippen molar-refractivity contribution in [2.75, 3.05) is 12.4 Å². The zero-order valence-corrected chi connectivity index (χ0v) is 9.32. The zero-order valence-electron chi connectivity index (χ0n) is 8.51. The number of hydrogen-bond donors (Lipinski definition) is 1. The standard InChI is InChI=1S/C10H9N3O2S/c1-15-7-4-8(16-6-7)10(14)13-9-5-11-2-3-12-9/h2-6H,1H3,(H,12,13,14). The molecule has 0 aromatic carbocycles. The molecule has 0 spiro atoms. The van der Waals surface area contributed by atoms with E-state index in [0.717, 1.165) is 0 Å². The van der Waals surface area contributed by atoms with Gasteiger partial charge in [0.1, 0.15) is 5.75 Å². The molecule has 2 heterocycles. The van der Waals surface area contributed by atoms with Crippen molar-refractivity contribution in [1.29, 1.82) is 0 Å². The van der Waals surface area contributed by atoms with Crippen LogP contribution in [-0.2, 0) is 0 Å². The summed E-state index contributed by atoms with van der Waals surface area (Å²) in [6.07, 6.45) is 4.55. The average Bonchev–Trinajstić information content (AvgIpc) is 2.79. The van der Waals surface area contributed by atoms with Crippen molar-refractivity contribution in [3.63, 3.8) is 0 Å². The van der Waals surface area contributed by atoms with E-state index in [2.05, 4.69) is 15.3 Å². The fourth-order valence-corrected chi connectivity index (χ4v) is 1.84. The lowest BCUT2D eigenvalue weighted by molar-refractivity contribution is 0.103. The molecule has 0 aliphatic heterocycles. The van der Waals surface area contributed by atoms with Gasteiger partial charge in [0.25, 0.3) is 5.91 Å². The first-order chi connectivity index (χ1) is 7.79. The Labute approximate surface area is 96.1 Å². The summed E-state index contributed by atoms with van der Waals surface area (Å²) in [4.78, 5) is 20.1. The van der Waals surface area contributed by atoms with E-state index in [9.17, 15) is 4.79 Å². The monoisotopic (exact) mass is 235 g/mol.